The molecule has 5 nitrogen and oxygen atoms in total. The van der Waals surface area contributed by atoms with Gasteiger partial charge < -0.3 is 15.2 Å². The number of fused-ring (bicyclic) bond motifs is 2. The highest BCUT2D eigenvalue weighted by atomic mass is 16.2. The summed E-state index contributed by atoms with van der Waals surface area (Å²) in [5, 5.41) is 4.75. The molecule has 2 N–H and O–H groups in total. The quantitative estimate of drug-likeness (QED) is 0.739. The fraction of sp³-hybridized carbons (Fsp3) is 0.273. The molecule has 2 fully saturated rings. The van der Waals surface area contributed by atoms with Crippen LogP contribution in [0.3, 0.4) is 0 Å². The van der Waals surface area contributed by atoms with E-state index in [4.69, 9.17) is 0 Å². The first kappa shape index (κ1) is 16.3. The predicted molar refractivity (Wildman–Crippen MR) is 105 cm³/mol. The predicted octanol–water partition coefficient (Wildman–Crippen LogP) is 2.56. The Bertz CT molecular complexity index is 1060. The van der Waals surface area contributed by atoms with E-state index in [1.165, 1.54) is 5.56 Å². The molecule has 3 heterocycles. The van der Waals surface area contributed by atoms with Gasteiger partial charge in [-0.1, -0.05) is 48.5 Å². The summed E-state index contributed by atoms with van der Waals surface area (Å²) in [5.74, 6) is 0.879. The fourth-order valence-electron chi connectivity index (χ4n) is 4.75. The number of pyridine rings is 1. The van der Waals surface area contributed by atoms with Crippen LogP contribution in [0.15, 0.2) is 65.6 Å². The third-order valence-electron chi connectivity index (χ3n) is 6.01. The second-order valence-corrected chi connectivity index (χ2v) is 7.47. The van der Waals surface area contributed by atoms with Crippen LogP contribution in [0.25, 0.3) is 10.8 Å². The number of aromatic nitrogens is 1. The smallest absolute Gasteiger partial charge is 0.256 e. The van der Waals surface area contributed by atoms with E-state index >= 15 is 0 Å². The van der Waals surface area contributed by atoms with E-state index in [9.17, 15) is 9.59 Å². The Balaban J connectivity index is 1.60. The summed E-state index contributed by atoms with van der Waals surface area (Å²) in [6.07, 6.45) is 1.57. The van der Waals surface area contributed by atoms with Gasteiger partial charge in [0.05, 0.1) is 11.6 Å². The van der Waals surface area contributed by atoms with Crippen LogP contribution < -0.4 is 10.9 Å². The number of carbonyl (C=O) groups excluding carboxylic acids is 1. The second-order valence-electron chi connectivity index (χ2n) is 7.47. The lowest BCUT2D eigenvalue weighted by molar-refractivity contribution is 0.0715. The Kier molecular flexibility index (Phi) is 3.83. The molecule has 5 rings (SSSR count). The van der Waals surface area contributed by atoms with Crippen molar-refractivity contribution in [2.75, 3.05) is 19.6 Å². The maximum atomic E-state index is 13.6. The number of likely N-dealkylation sites (tertiary alicyclic amines) is 1. The summed E-state index contributed by atoms with van der Waals surface area (Å²) in [6, 6.07) is 17.7. The molecule has 0 saturated carbocycles. The molecule has 2 saturated heterocycles. The standard InChI is InChI=1S/C22H21N3O2/c26-21-17-9-5-4-8-16(17)19(12-24-21)22(27)25-13-15-10-23-11-18(15)20(25)14-6-2-1-3-7-14/h1-9,12,15,18,20,23H,10-11,13H2,(H,24,26)/t15-,18-,20+/m0/s1. The largest absolute Gasteiger partial charge is 0.331 e. The summed E-state index contributed by atoms with van der Waals surface area (Å²) < 4.78 is 0. The minimum Gasteiger partial charge on any atom is -0.331 e. The van der Waals surface area contributed by atoms with Gasteiger partial charge in [0.2, 0.25) is 0 Å². The van der Waals surface area contributed by atoms with Crippen LogP contribution >= 0.6 is 0 Å². The fourth-order valence-corrected chi connectivity index (χ4v) is 4.75. The number of H-pyrrole nitrogens is 1. The molecule has 0 radical (unpaired) electrons. The molecule has 2 aromatic carbocycles. The first-order chi connectivity index (χ1) is 13.2. The molecule has 136 valence electrons. The summed E-state index contributed by atoms with van der Waals surface area (Å²) in [5.41, 5.74) is 1.58. The zero-order chi connectivity index (χ0) is 18.4. The summed E-state index contributed by atoms with van der Waals surface area (Å²) in [7, 11) is 0. The van der Waals surface area contributed by atoms with Crippen LogP contribution in [0, 0.1) is 11.8 Å². The average Bonchev–Trinajstić information content (AvgIpc) is 3.30. The number of hydrogen-bond acceptors (Lipinski definition) is 3. The number of hydrogen-bond donors (Lipinski definition) is 2. The van der Waals surface area contributed by atoms with Crippen molar-refractivity contribution in [2.24, 2.45) is 11.8 Å². The van der Waals surface area contributed by atoms with Gasteiger partial charge in [0.1, 0.15) is 0 Å². The van der Waals surface area contributed by atoms with Crippen LogP contribution in [0.2, 0.25) is 0 Å². The van der Waals surface area contributed by atoms with Crippen molar-refractivity contribution >= 4 is 16.7 Å². The Labute approximate surface area is 157 Å². The first-order valence-electron chi connectivity index (χ1n) is 9.41. The molecule has 1 aromatic heterocycles. The zero-order valence-corrected chi connectivity index (χ0v) is 14.9. The van der Waals surface area contributed by atoms with Crippen molar-refractivity contribution in [1.29, 1.82) is 0 Å². The molecule has 5 heteroatoms. The highest BCUT2D eigenvalue weighted by Crippen LogP contribution is 2.43. The van der Waals surface area contributed by atoms with Crippen LogP contribution in [0.4, 0.5) is 0 Å². The Morgan fingerprint density at radius 2 is 1.70 bits per heavy atom. The molecule has 0 bridgehead atoms. The van der Waals surface area contributed by atoms with Crippen molar-refractivity contribution in [3.8, 4) is 0 Å². The first-order valence-corrected chi connectivity index (χ1v) is 9.41. The molecule has 1 amide bonds. The van der Waals surface area contributed by atoms with E-state index in [1.807, 2.05) is 41.3 Å². The van der Waals surface area contributed by atoms with Crippen LogP contribution in [-0.2, 0) is 0 Å². The van der Waals surface area contributed by atoms with Gasteiger partial charge in [-0.3, -0.25) is 9.59 Å². The number of carbonyl (C=O) groups is 1. The Morgan fingerprint density at radius 3 is 2.52 bits per heavy atom. The number of amides is 1. The van der Waals surface area contributed by atoms with Gasteiger partial charge in [0, 0.05) is 42.5 Å². The third kappa shape index (κ3) is 2.58. The monoisotopic (exact) mass is 359 g/mol. The normalized spacial score (nSPS) is 24.3. The van der Waals surface area contributed by atoms with E-state index in [1.54, 1.807) is 12.3 Å². The lowest BCUT2D eigenvalue weighted by Crippen LogP contribution is -2.35. The molecule has 0 aliphatic carbocycles. The highest BCUT2D eigenvalue weighted by molar-refractivity contribution is 6.06. The molecule has 2 aliphatic rings. The van der Waals surface area contributed by atoms with Gasteiger partial charge >= 0.3 is 0 Å². The summed E-state index contributed by atoms with van der Waals surface area (Å²) in [6.45, 7) is 2.62. The van der Waals surface area contributed by atoms with Gasteiger partial charge in [-0.15, -0.1) is 0 Å². The van der Waals surface area contributed by atoms with E-state index in [0.29, 0.717) is 28.2 Å². The number of nitrogens with one attached hydrogen (secondary N) is 2. The van der Waals surface area contributed by atoms with E-state index in [2.05, 4.69) is 22.4 Å². The van der Waals surface area contributed by atoms with Crippen LogP contribution in [-0.4, -0.2) is 35.4 Å². The van der Waals surface area contributed by atoms with Gasteiger partial charge in [-0.05, 0) is 17.5 Å². The van der Waals surface area contributed by atoms with Crippen LogP contribution in [0.1, 0.15) is 22.0 Å². The van der Waals surface area contributed by atoms with Crippen molar-refractivity contribution in [2.45, 2.75) is 6.04 Å². The number of benzene rings is 2. The number of aromatic amines is 1. The molecule has 27 heavy (non-hydrogen) atoms. The Morgan fingerprint density at radius 1 is 0.963 bits per heavy atom. The molecule has 2 aliphatic heterocycles. The molecular weight excluding hydrogens is 338 g/mol. The highest BCUT2D eigenvalue weighted by Gasteiger charge is 2.47. The SMILES string of the molecule is O=C(c1c[nH]c(=O)c2ccccc12)N1C[C@@H]2CNC[C@@H]2[C@H]1c1ccccc1. The maximum Gasteiger partial charge on any atom is 0.256 e. The summed E-state index contributed by atoms with van der Waals surface area (Å²) in [4.78, 5) is 30.4. The molecule has 3 atom stereocenters. The van der Waals surface area contributed by atoms with E-state index in [0.717, 1.165) is 19.6 Å². The minimum absolute atomic E-state index is 0.00861. The lowest BCUT2D eigenvalue weighted by atomic mass is 9.89. The van der Waals surface area contributed by atoms with Crippen LogP contribution in [0.5, 0.6) is 0 Å². The van der Waals surface area contributed by atoms with E-state index < -0.39 is 0 Å². The van der Waals surface area contributed by atoms with E-state index in [-0.39, 0.29) is 17.5 Å². The zero-order valence-electron chi connectivity index (χ0n) is 14.9. The molecule has 3 aromatic rings. The Hall–Kier alpha value is -2.92. The van der Waals surface area contributed by atoms with Crippen molar-refractivity contribution in [3.63, 3.8) is 0 Å². The van der Waals surface area contributed by atoms with Gasteiger partial charge in [0.15, 0.2) is 0 Å². The second kappa shape index (κ2) is 6.35. The van der Waals surface area contributed by atoms with Crippen molar-refractivity contribution in [1.82, 2.24) is 15.2 Å². The lowest BCUT2D eigenvalue weighted by Gasteiger charge is -2.29. The summed E-state index contributed by atoms with van der Waals surface area (Å²) >= 11 is 0. The third-order valence-corrected chi connectivity index (χ3v) is 6.01. The average molecular weight is 359 g/mol. The van der Waals surface area contributed by atoms with Gasteiger partial charge in [-0.25, -0.2) is 0 Å². The topological polar surface area (TPSA) is 65.2 Å². The number of rotatable bonds is 2. The van der Waals surface area contributed by atoms with Crippen molar-refractivity contribution < 1.29 is 4.79 Å². The van der Waals surface area contributed by atoms with Gasteiger partial charge in [-0.2, -0.15) is 0 Å². The molecule has 0 unspecified atom stereocenters. The number of nitrogens with zero attached hydrogens (tertiary/aromatic N) is 1. The minimum atomic E-state index is -0.163. The molecule has 0 spiro atoms. The van der Waals surface area contributed by atoms with Crippen molar-refractivity contribution in [3.05, 3.63) is 82.3 Å². The maximum absolute atomic E-state index is 13.6. The molecular formula is C22H21N3O2. The van der Waals surface area contributed by atoms with Gasteiger partial charge in [0.25, 0.3) is 11.5 Å².